The van der Waals surface area contributed by atoms with E-state index in [1.807, 2.05) is 35.4 Å². The van der Waals surface area contributed by atoms with Crippen LogP contribution in [0.25, 0.3) is 0 Å². The standard InChI is InChI=1S/C19H22N2O2S/c1-3-11-23-17-6-10-21(19(22)18-14(2)7-12-24-18)16(17)13-15-4-8-20-9-5-15/h3-5,7-9,12,16-17H,1,6,10-11,13H2,2H3/t16-,17+/m0/s1. The molecule has 126 valence electrons. The van der Waals surface area contributed by atoms with E-state index in [0.717, 1.165) is 29.8 Å². The fourth-order valence-corrected chi connectivity index (χ4v) is 4.07. The lowest BCUT2D eigenvalue weighted by Crippen LogP contribution is -2.42. The van der Waals surface area contributed by atoms with E-state index in [1.54, 1.807) is 18.5 Å². The third-order valence-electron chi connectivity index (χ3n) is 4.42. The highest BCUT2D eigenvalue weighted by atomic mass is 32.1. The van der Waals surface area contributed by atoms with Crippen LogP contribution in [0.1, 0.15) is 27.2 Å². The molecule has 2 atom stereocenters. The van der Waals surface area contributed by atoms with E-state index in [9.17, 15) is 4.79 Å². The van der Waals surface area contributed by atoms with Crippen molar-refractivity contribution in [2.45, 2.75) is 31.9 Å². The first-order valence-corrected chi connectivity index (χ1v) is 9.05. The van der Waals surface area contributed by atoms with E-state index in [4.69, 9.17) is 4.74 Å². The first-order valence-electron chi connectivity index (χ1n) is 8.17. The molecule has 0 radical (unpaired) electrons. The number of aromatic nitrogens is 1. The fraction of sp³-hybridized carbons (Fsp3) is 0.368. The molecule has 0 aromatic carbocycles. The number of rotatable bonds is 6. The van der Waals surface area contributed by atoms with E-state index >= 15 is 0 Å². The maximum Gasteiger partial charge on any atom is 0.264 e. The number of aryl methyl sites for hydroxylation is 1. The minimum atomic E-state index is 0.0420. The molecule has 0 saturated carbocycles. The van der Waals surface area contributed by atoms with Crippen molar-refractivity contribution in [1.29, 1.82) is 0 Å². The van der Waals surface area contributed by atoms with Crippen molar-refractivity contribution in [3.8, 4) is 0 Å². The van der Waals surface area contributed by atoms with Crippen molar-refractivity contribution in [2.24, 2.45) is 0 Å². The quantitative estimate of drug-likeness (QED) is 0.755. The van der Waals surface area contributed by atoms with Gasteiger partial charge in [0.1, 0.15) is 0 Å². The molecule has 1 amide bonds. The van der Waals surface area contributed by atoms with Gasteiger partial charge in [-0.15, -0.1) is 17.9 Å². The number of thiophene rings is 1. The zero-order valence-electron chi connectivity index (χ0n) is 13.9. The van der Waals surface area contributed by atoms with Gasteiger partial charge in [0.2, 0.25) is 0 Å². The van der Waals surface area contributed by atoms with Crippen molar-refractivity contribution in [3.63, 3.8) is 0 Å². The van der Waals surface area contributed by atoms with Gasteiger partial charge in [0, 0.05) is 18.9 Å². The molecule has 4 nitrogen and oxygen atoms in total. The lowest BCUT2D eigenvalue weighted by Gasteiger charge is -2.28. The smallest absolute Gasteiger partial charge is 0.264 e. The highest BCUT2D eigenvalue weighted by molar-refractivity contribution is 7.12. The molecule has 0 spiro atoms. The molecular weight excluding hydrogens is 320 g/mol. The van der Waals surface area contributed by atoms with E-state index in [1.165, 1.54) is 16.9 Å². The van der Waals surface area contributed by atoms with Crippen molar-refractivity contribution in [2.75, 3.05) is 13.2 Å². The summed E-state index contributed by atoms with van der Waals surface area (Å²) in [6.07, 6.45) is 7.02. The Morgan fingerprint density at radius 3 is 2.92 bits per heavy atom. The van der Waals surface area contributed by atoms with Gasteiger partial charge < -0.3 is 9.64 Å². The Labute approximate surface area is 146 Å². The highest BCUT2D eigenvalue weighted by Crippen LogP contribution is 2.28. The SMILES string of the molecule is C=CCO[C@@H]1CCN(C(=O)c2sccc2C)[C@H]1Cc1ccncc1. The van der Waals surface area contributed by atoms with Crippen LogP contribution in [-0.4, -0.2) is 41.1 Å². The van der Waals surface area contributed by atoms with Gasteiger partial charge in [-0.2, -0.15) is 0 Å². The first-order chi connectivity index (χ1) is 11.7. The minimum absolute atomic E-state index is 0.0420. The molecule has 5 heteroatoms. The summed E-state index contributed by atoms with van der Waals surface area (Å²) in [4.78, 5) is 19.9. The number of likely N-dealkylation sites (tertiary alicyclic amines) is 1. The average Bonchev–Trinajstić information content (AvgIpc) is 3.20. The van der Waals surface area contributed by atoms with Crippen LogP contribution in [0.4, 0.5) is 0 Å². The molecular formula is C19H22N2O2S. The Morgan fingerprint density at radius 2 is 2.25 bits per heavy atom. The van der Waals surface area contributed by atoms with Crippen LogP contribution in [0.3, 0.4) is 0 Å². The van der Waals surface area contributed by atoms with Crippen molar-refractivity contribution >= 4 is 17.2 Å². The van der Waals surface area contributed by atoms with Gasteiger partial charge in [0.25, 0.3) is 5.91 Å². The summed E-state index contributed by atoms with van der Waals surface area (Å²) in [5, 5.41) is 1.97. The van der Waals surface area contributed by atoms with E-state index < -0.39 is 0 Å². The monoisotopic (exact) mass is 342 g/mol. The third-order valence-corrected chi connectivity index (χ3v) is 5.43. The Bertz CT molecular complexity index is 698. The van der Waals surface area contributed by atoms with Crippen molar-refractivity contribution in [1.82, 2.24) is 9.88 Å². The lowest BCUT2D eigenvalue weighted by atomic mass is 10.0. The van der Waals surface area contributed by atoms with Crippen LogP contribution < -0.4 is 0 Å². The molecule has 1 aliphatic rings. The molecule has 0 unspecified atom stereocenters. The largest absolute Gasteiger partial charge is 0.372 e. The van der Waals surface area contributed by atoms with Crippen LogP contribution in [-0.2, 0) is 11.2 Å². The summed E-state index contributed by atoms with van der Waals surface area (Å²) in [6.45, 7) is 6.96. The molecule has 24 heavy (non-hydrogen) atoms. The molecule has 2 aromatic heterocycles. The van der Waals surface area contributed by atoms with Crippen LogP contribution in [0.5, 0.6) is 0 Å². The molecule has 1 saturated heterocycles. The summed E-state index contributed by atoms with van der Waals surface area (Å²) >= 11 is 1.51. The number of amides is 1. The van der Waals surface area contributed by atoms with E-state index in [0.29, 0.717) is 6.61 Å². The molecule has 1 fully saturated rings. The van der Waals surface area contributed by atoms with Gasteiger partial charge in [0.05, 0.1) is 23.6 Å². The van der Waals surface area contributed by atoms with Crippen LogP contribution in [0.2, 0.25) is 0 Å². The van der Waals surface area contributed by atoms with Gasteiger partial charge in [-0.1, -0.05) is 6.08 Å². The Balaban J connectivity index is 1.82. The highest BCUT2D eigenvalue weighted by Gasteiger charge is 2.38. The molecule has 0 bridgehead atoms. The van der Waals surface area contributed by atoms with Crippen LogP contribution in [0.15, 0.2) is 48.6 Å². The number of hydrogen-bond acceptors (Lipinski definition) is 4. The zero-order chi connectivity index (χ0) is 16.9. The summed E-state index contributed by atoms with van der Waals surface area (Å²) in [7, 11) is 0. The van der Waals surface area contributed by atoms with Gasteiger partial charge in [0.15, 0.2) is 0 Å². The predicted molar refractivity (Wildman–Crippen MR) is 96.4 cm³/mol. The fourth-order valence-electron chi connectivity index (χ4n) is 3.19. The summed E-state index contributed by atoms with van der Waals surface area (Å²) in [6, 6.07) is 6.04. The number of ether oxygens (including phenoxy) is 1. The molecule has 0 aliphatic carbocycles. The molecule has 3 heterocycles. The number of nitrogens with zero attached hydrogens (tertiary/aromatic N) is 2. The molecule has 0 N–H and O–H groups in total. The van der Waals surface area contributed by atoms with Gasteiger partial charge in [-0.3, -0.25) is 9.78 Å². The summed E-state index contributed by atoms with van der Waals surface area (Å²) in [5.74, 6) is 0.117. The first kappa shape index (κ1) is 16.9. The minimum Gasteiger partial charge on any atom is -0.372 e. The van der Waals surface area contributed by atoms with Crippen molar-refractivity contribution in [3.05, 3.63) is 64.6 Å². The van der Waals surface area contributed by atoms with Crippen LogP contribution in [0, 0.1) is 6.92 Å². The van der Waals surface area contributed by atoms with E-state index in [2.05, 4.69) is 11.6 Å². The Hall–Kier alpha value is -1.98. The van der Waals surface area contributed by atoms with Gasteiger partial charge in [-0.05, 0) is 54.5 Å². The second-order valence-electron chi connectivity index (χ2n) is 6.01. The molecule has 2 aromatic rings. The Morgan fingerprint density at radius 1 is 1.46 bits per heavy atom. The summed E-state index contributed by atoms with van der Waals surface area (Å²) < 4.78 is 5.94. The molecule has 1 aliphatic heterocycles. The number of hydrogen-bond donors (Lipinski definition) is 0. The van der Waals surface area contributed by atoms with E-state index in [-0.39, 0.29) is 18.1 Å². The van der Waals surface area contributed by atoms with Crippen LogP contribution >= 0.6 is 11.3 Å². The summed E-state index contributed by atoms with van der Waals surface area (Å²) in [5.41, 5.74) is 2.22. The predicted octanol–water partition coefficient (Wildman–Crippen LogP) is 3.48. The number of pyridine rings is 1. The number of carbonyl (C=O) groups is 1. The Kier molecular flexibility index (Phi) is 5.43. The van der Waals surface area contributed by atoms with Gasteiger partial charge in [-0.25, -0.2) is 0 Å². The normalized spacial score (nSPS) is 20.3. The second kappa shape index (κ2) is 7.73. The average molecular weight is 342 g/mol. The molecule has 3 rings (SSSR count). The lowest BCUT2D eigenvalue weighted by molar-refractivity contribution is 0.0381. The third kappa shape index (κ3) is 3.57. The maximum absolute atomic E-state index is 13.0. The zero-order valence-corrected chi connectivity index (χ0v) is 14.7. The second-order valence-corrected chi connectivity index (χ2v) is 6.92. The van der Waals surface area contributed by atoms with Crippen molar-refractivity contribution < 1.29 is 9.53 Å². The van der Waals surface area contributed by atoms with Gasteiger partial charge >= 0.3 is 0 Å². The topological polar surface area (TPSA) is 42.4 Å². The number of carbonyl (C=O) groups excluding carboxylic acids is 1. The maximum atomic E-state index is 13.0.